The Hall–Kier alpha value is -5.32. The first-order valence-corrected chi connectivity index (χ1v) is 18.8. The van der Waals surface area contributed by atoms with Crippen LogP contribution in [0.15, 0.2) is 67.0 Å². The zero-order valence-electron chi connectivity index (χ0n) is 35.7. The van der Waals surface area contributed by atoms with Gasteiger partial charge in [-0.2, -0.15) is 0 Å². The van der Waals surface area contributed by atoms with Gasteiger partial charge in [0, 0.05) is 42.3 Å². The van der Waals surface area contributed by atoms with E-state index >= 15 is 0 Å². The fourth-order valence-electron chi connectivity index (χ4n) is 4.86. The third-order valence-electron chi connectivity index (χ3n) is 6.67. The molecule has 0 saturated carbocycles. The van der Waals surface area contributed by atoms with Crippen LogP contribution < -0.4 is 5.73 Å². The van der Waals surface area contributed by atoms with E-state index in [1.54, 1.807) is 81.9 Å². The first kappa shape index (κ1) is 47.8. The van der Waals surface area contributed by atoms with Crippen molar-refractivity contribution in [1.29, 1.82) is 0 Å². The molecule has 0 bridgehead atoms. The highest BCUT2D eigenvalue weighted by Crippen LogP contribution is 2.14. The Balaban J connectivity index is 0.000000414. The second-order valence-corrected chi connectivity index (χ2v) is 17.4. The number of nitrogens with zero attached hydrogens (tertiary/aromatic N) is 4. The first-order valence-electron chi connectivity index (χ1n) is 18.8. The number of hydrogen-bond acceptors (Lipinski definition) is 13. The second kappa shape index (κ2) is 21.3. The molecule has 57 heavy (non-hydrogen) atoms. The van der Waals surface area contributed by atoms with Gasteiger partial charge in [-0.25, -0.2) is 0 Å². The lowest BCUT2D eigenvalue weighted by molar-refractivity contribution is -0.162. The number of carbonyl (C=O) groups is 4. The number of nitrogens with two attached hydrogens (primary N) is 1. The quantitative estimate of drug-likeness (QED) is 0.0968. The molecular weight excluding hydrogens is 727 g/mol. The number of carbonyl (C=O) groups excluding carboxylic acids is 4. The molecule has 3 rings (SSSR count). The van der Waals surface area contributed by atoms with Crippen molar-refractivity contribution in [3.8, 4) is 11.8 Å². The molecule has 0 unspecified atom stereocenters. The van der Waals surface area contributed by atoms with Crippen molar-refractivity contribution in [3.05, 3.63) is 89.5 Å². The molecule has 0 spiro atoms. The molecule has 0 atom stereocenters. The van der Waals surface area contributed by atoms with Crippen LogP contribution in [-0.4, -0.2) is 92.2 Å². The standard InChI is InChI=1S/C26H33N3O4.C18H28N2O4/c1-25(2,3)32-23(30)17-29(18-24(31)33-26(4,5)6)16-22-15-20(13-14-28-22)8-7-19-9-11-21(27)12-10-19;1-17(2,3)23-15(21)12-20(11-14-9-7-8-10-19-14)13-16(22)24-18(4,5)6/h9-15H,16-18,27H2,1-6H3;7-10H,11-13H2,1-6H3. The molecule has 13 heteroatoms. The minimum absolute atomic E-state index is 0.00686. The van der Waals surface area contributed by atoms with Crippen molar-refractivity contribution in [2.24, 2.45) is 0 Å². The van der Waals surface area contributed by atoms with E-state index in [2.05, 4.69) is 21.8 Å². The summed E-state index contributed by atoms with van der Waals surface area (Å²) in [7, 11) is 0. The van der Waals surface area contributed by atoms with Crippen LogP contribution in [0.3, 0.4) is 0 Å². The molecule has 0 radical (unpaired) electrons. The van der Waals surface area contributed by atoms with Crippen LogP contribution in [0.2, 0.25) is 0 Å². The third kappa shape index (κ3) is 23.4. The fourth-order valence-corrected chi connectivity index (χ4v) is 4.86. The number of pyridine rings is 2. The highest BCUT2D eigenvalue weighted by Gasteiger charge is 2.25. The Kier molecular flexibility index (Phi) is 17.9. The van der Waals surface area contributed by atoms with Gasteiger partial charge < -0.3 is 24.7 Å². The average molecular weight is 788 g/mol. The van der Waals surface area contributed by atoms with Gasteiger partial charge in [-0.1, -0.05) is 17.9 Å². The van der Waals surface area contributed by atoms with Crippen molar-refractivity contribution in [1.82, 2.24) is 19.8 Å². The van der Waals surface area contributed by atoms with E-state index in [0.717, 1.165) is 16.8 Å². The molecule has 3 aromatic rings. The Morgan fingerprint density at radius 2 is 0.912 bits per heavy atom. The molecule has 1 aromatic carbocycles. The Bertz CT molecular complexity index is 1770. The molecule has 0 aliphatic rings. The minimum atomic E-state index is -0.621. The molecule has 0 amide bonds. The van der Waals surface area contributed by atoms with Crippen LogP contribution in [0, 0.1) is 11.8 Å². The number of nitrogen functional groups attached to an aromatic ring is 1. The number of ether oxygens (including phenoxy) is 4. The van der Waals surface area contributed by atoms with Crippen molar-refractivity contribution in [2.45, 2.75) is 119 Å². The summed E-state index contributed by atoms with van der Waals surface area (Å²) in [5.41, 5.74) is 7.07. The monoisotopic (exact) mass is 787 g/mol. The summed E-state index contributed by atoms with van der Waals surface area (Å²) in [6, 6.07) is 16.5. The molecule has 0 aliphatic heterocycles. The van der Waals surface area contributed by atoms with Crippen LogP contribution >= 0.6 is 0 Å². The Labute approximate surface area is 338 Å². The predicted octanol–water partition coefficient (Wildman–Crippen LogP) is 6.12. The molecule has 0 saturated heterocycles. The zero-order valence-corrected chi connectivity index (χ0v) is 35.7. The van der Waals surface area contributed by atoms with Crippen molar-refractivity contribution in [3.63, 3.8) is 0 Å². The van der Waals surface area contributed by atoms with Gasteiger partial charge in [0.1, 0.15) is 22.4 Å². The maximum absolute atomic E-state index is 12.4. The molecule has 310 valence electrons. The van der Waals surface area contributed by atoms with Gasteiger partial charge >= 0.3 is 23.9 Å². The van der Waals surface area contributed by atoms with Crippen LogP contribution in [0.4, 0.5) is 5.69 Å². The van der Waals surface area contributed by atoms with E-state index in [9.17, 15) is 19.2 Å². The lowest BCUT2D eigenvalue weighted by Gasteiger charge is -2.26. The highest BCUT2D eigenvalue weighted by atomic mass is 16.6. The summed E-state index contributed by atoms with van der Waals surface area (Å²) in [5.74, 6) is 4.57. The number of rotatable bonds is 12. The number of hydrogen-bond donors (Lipinski definition) is 1. The normalized spacial score (nSPS) is 11.8. The molecule has 0 fully saturated rings. The Morgan fingerprint density at radius 3 is 1.30 bits per heavy atom. The fraction of sp³-hybridized carbons (Fsp3) is 0.500. The average Bonchev–Trinajstić information content (AvgIpc) is 3.01. The maximum Gasteiger partial charge on any atom is 0.320 e. The topological polar surface area (TPSA) is 163 Å². The summed E-state index contributed by atoms with van der Waals surface area (Å²) in [6.45, 7) is 22.1. The van der Waals surface area contributed by atoms with Crippen molar-refractivity contribution in [2.75, 3.05) is 31.9 Å². The third-order valence-corrected chi connectivity index (χ3v) is 6.67. The summed E-state index contributed by atoms with van der Waals surface area (Å²) in [4.78, 5) is 60.9. The maximum atomic E-state index is 12.4. The van der Waals surface area contributed by atoms with E-state index in [1.807, 2.05) is 77.9 Å². The second-order valence-electron chi connectivity index (χ2n) is 17.4. The van der Waals surface area contributed by atoms with Gasteiger partial charge in [-0.15, -0.1) is 0 Å². The van der Waals surface area contributed by atoms with Gasteiger partial charge in [0.25, 0.3) is 0 Å². The van der Waals surface area contributed by atoms with E-state index < -0.39 is 34.3 Å². The van der Waals surface area contributed by atoms with E-state index in [0.29, 0.717) is 17.9 Å². The smallest absolute Gasteiger partial charge is 0.320 e. The molecule has 13 nitrogen and oxygen atoms in total. The minimum Gasteiger partial charge on any atom is -0.459 e. The van der Waals surface area contributed by atoms with Gasteiger partial charge in [0.15, 0.2) is 0 Å². The number of aromatic nitrogens is 2. The molecule has 2 heterocycles. The van der Waals surface area contributed by atoms with Crippen LogP contribution in [0.25, 0.3) is 0 Å². The lowest BCUT2D eigenvalue weighted by atomic mass is 10.1. The van der Waals surface area contributed by atoms with Crippen molar-refractivity contribution >= 4 is 29.6 Å². The summed E-state index contributed by atoms with van der Waals surface area (Å²) < 4.78 is 21.5. The number of anilines is 1. The van der Waals surface area contributed by atoms with Gasteiger partial charge in [-0.05, 0) is 132 Å². The number of esters is 4. The van der Waals surface area contributed by atoms with Crippen LogP contribution in [0.1, 0.15) is 106 Å². The van der Waals surface area contributed by atoms with Gasteiger partial charge in [0.2, 0.25) is 0 Å². The van der Waals surface area contributed by atoms with E-state index in [4.69, 9.17) is 24.7 Å². The molecule has 2 aromatic heterocycles. The van der Waals surface area contributed by atoms with E-state index in [1.165, 1.54) is 0 Å². The lowest BCUT2D eigenvalue weighted by Crippen LogP contribution is -2.39. The summed E-state index contributed by atoms with van der Waals surface area (Å²) >= 11 is 0. The van der Waals surface area contributed by atoms with E-state index in [-0.39, 0.29) is 44.7 Å². The molecule has 2 N–H and O–H groups in total. The zero-order chi connectivity index (χ0) is 43.0. The number of benzene rings is 1. The van der Waals surface area contributed by atoms with Crippen molar-refractivity contribution < 1.29 is 38.1 Å². The highest BCUT2D eigenvalue weighted by molar-refractivity contribution is 5.76. The van der Waals surface area contributed by atoms with Crippen LogP contribution in [0.5, 0.6) is 0 Å². The largest absolute Gasteiger partial charge is 0.459 e. The molecule has 0 aliphatic carbocycles. The van der Waals surface area contributed by atoms with Crippen LogP contribution in [-0.2, 0) is 51.2 Å². The summed E-state index contributed by atoms with van der Waals surface area (Å²) in [6.07, 6.45) is 3.33. The SMILES string of the molecule is CC(C)(C)OC(=O)CN(CC(=O)OC(C)(C)C)Cc1cc(C#Cc2ccc(N)cc2)ccn1.CC(C)(C)OC(=O)CN(CC(=O)OC(C)(C)C)Cc1ccccn1. The molecular formula is C44H61N5O8. The Morgan fingerprint density at radius 1 is 0.526 bits per heavy atom. The predicted molar refractivity (Wildman–Crippen MR) is 219 cm³/mol. The first-order chi connectivity index (χ1) is 26.2. The van der Waals surface area contributed by atoms with Gasteiger partial charge in [-0.3, -0.25) is 38.9 Å². The summed E-state index contributed by atoms with van der Waals surface area (Å²) in [5, 5.41) is 0. The van der Waals surface area contributed by atoms with Gasteiger partial charge in [0.05, 0.1) is 37.6 Å².